The molecule has 3 heteroatoms. The summed E-state index contributed by atoms with van der Waals surface area (Å²) < 4.78 is 0. The van der Waals surface area contributed by atoms with Gasteiger partial charge in [0.1, 0.15) is 0 Å². The standard InChI is InChI=1S/C18H23NO2/c1-11-8-14-13(6-7-17(20)21)10-16(18(3,4)5)19-15(14)9-12(11)2/h8-10H,6-7H2,1-5H3,(H,20,21). The summed E-state index contributed by atoms with van der Waals surface area (Å²) >= 11 is 0. The van der Waals surface area contributed by atoms with Gasteiger partial charge < -0.3 is 5.11 Å². The molecule has 0 radical (unpaired) electrons. The molecule has 0 amide bonds. The Hall–Kier alpha value is -1.90. The summed E-state index contributed by atoms with van der Waals surface area (Å²) in [6.07, 6.45) is 0.690. The molecule has 0 unspecified atom stereocenters. The summed E-state index contributed by atoms with van der Waals surface area (Å²) in [5.74, 6) is -0.763. The lowest BCUT2D eigenvalue weighted by Crippen LogP contribution is -2.14. The predicted molar refractivity (Wildman–Crippen MR) is 85.9 cm³/mol. The average Bonchev–Trinajstić information content (AvgIpc) is 2.36. The fraction of sp³-hybridized carbons (Fsp3) is 0.444. The van der Waals surface area contributed by atoms with Gasteiger partial charge in [0.15, 0.2) is 0 Å². The number of hydrogen-bond acceptors (Lipinski definition) is 2. The van der Waals surface area contributed by atoms with Crippen LogP contribution in [0.2, 0.25) is 0 Å². The number of fused-ring (bicyclic) bond motifs is 1. The van der Waals surface area contributed by atoms with Crippen molar-refractivity contribution in [1.82, 2.24) is 4.98 Å². The number of hydrogen-bond donors (Lipinski definition) is 1. The van der Waals surface area contributed by atoms with Gasteiger partial charge in [-0.3, -0.25) is 9.78 Å². The first-order chi connectivity index (χ1) is 9.68. The lowest BCUT2D eigenvalue weighted by molar-refractivity contribution is -0.136. The molecule has 0 saturated carbocycles. The molecule has 2 aromatic rings. The van der Waals surface area contributed by atoms with E-state index in [1.807, 2.05) is 0 Å². The third kappa shape index (κ3) is 3.41. The number of aromatic nitrogens is 1. The van der Waals surface area contributed by atoms with E-state index in [9.17, 15) is 4.79 Å². The van der Waals surface area contributed by atoms with E-state index in [0.29, 0.717) is 6.42 Å². The van der Waals surface area contributed by atoms with Crippen LogP contribution in [0.5, 0.6) is 0 Å². The molecule has 21 heavy (non-hydrogen) atoms. The Kier molecular flexibility index (Phi) is 4.04. The van der Waals surface area contributed by atoms with Crippen molar-refractivity contribution in [2.45, 2.75) is 52.9 Å². The molecular weight excluding hydrogens is 262 g/mol. The van der Waals surface area contributed by atoms with Crippen molar-refractivity contribution in [3.8, 4) is 0 Å². The van der Waals surface area contributed by atoms with Gasteiger partial charge in [0.25, 0.3) is 0 Å². The van der Waals surface area contributed by atoms with E-state index in [4.69, 9.17) is 10.1 Å². The van der Waals surface area contributed by atoms with E-state index in [0.717, 1.165) is 22.2 Å². The second kappa shape index (κ2) is 5.47. The van der Waals surface area contributed by atoms with Crippen LogP contribution in [0.25, 0.3) is 10.9 Å². The molecule has 0 aliphatic rings. The number of pyridine rings is 1. The minimum atomic E-state index is -0.763. The van der Waals surface area contributed by atoms with Crippen LogP contribution in [-0.2, 0) is 16.6 Å². The molecule has 0 spiro atoms. The highest BCUT2D eigenvalue weighted by atomic mass is 16.4. The van der Waals surface area contributed by atoms with Crippen LogP contribution < -0.4 is 0 Å². The Morgan fingerprint density at radius 1 is 1.14 bits per heavy atom. The van der Waals surface area contributed by atoms with Crippen molar-refractivity contribution >= 4 is 16.9 Å². The fourth-order valence-electron chi connectivity index (χ4n) is 2.39. The van der Waals surface area contributed by atoms with Gasteiger partial charge in [-0.25, -0.2) is 0 Å². The molecule has 1 aromatic carbocycles. The molecule has 3 nitrogen and oxygen atoms in total. The van der Waals surface area contributed by atoms with E-state index < -0.39 is 5.97 Å². The zero-order valence-electron chi connectivity index (χ0n) is 13.4. The largest absolute Gasteiger partial charge is 0.481 e. The normalized spacial score (nSPS) is 11.9. The summed E-state index contributed by atoms with van der Waals surface area (Å²) in [4.78, 5) is 15.7. The van der Waals surface area contributed by atoms with Crippen molar-refractivity contribution < 1.29 is 9.90 Å². The van der Waals surface area contributed by atoms with E-state index >= 15 is 0 Å². The van der Waals surface area contributed by atoms with Gasteiger partial charge in [-0.05, 0) is 55.2 Å². The summed E-state index contributed by atoms with van der Waals surface area (Å²) in [5.41, 5.74) is 5.43. The minimum Gasteiger partial charge on any atom is -0.481 e. The van der Waals surface area contributed by atoms with Gasteiger partial charge in [0.05, 0.1) is 5.52 Å². The third-order valence-electron chi connectivity index (χ3n) is 3.89. The molecule has 112 valence electrons. The monoisotopic (exact) mass is 285 g/mol. The zero-order valence-corrected chi connectivity index (χ0v) is 13.4. The summed E-state index contributed by atoms with van der Waals surface area (Å²) in [5, 5.41) is 10.0. The fourth-order valence-corrected chi connectivity index (χ4v) is 2.39. The second-order valence-electron chi connectivity index (χ2n) is 6.76. The minimum absolute atomic E-state index is 0.0506. The van der Waals surface area contributed by atoms with Gasteiger partial charge in [0.2, 0.25) is 0 Å². The van der Waals surface area contributed by atoms with Crippen LogP contribution in [0.1, 0.15) is 49.6 Å². The predicted octanol–water partition coefficient (Wildman–Crippen LogP) is 4.17. The number of carboxylic acids is 1. The Labute approximate surface area is 126 Å². The Morgan fingerprint density at radius 2 is 1.76 bits per heavy atom. The number of benzene rings is 1. The highest BCUT2D eigenvalue weighted by molar-refractivity contribution is 5.84. The van der Waals surface area contributed by atoms with Gasteiger partial charge in [-0.2, -0.15) is 0 Å². The molecule has 0 aliphatic heterocycles. The highest BCUT2D eigenvalue weighted by Gasteiger charge is 2.18. The topological polar surface area (TPSA) is 50.2 Å². The number of aliphatic carboxylic acids is 1. The van der Waals surface area contributed by atoms with Crippen LogP contribution in [-0.4, -0.2) is 16.1 Å². The highest BCUT2D eigenvalue weighted by Crippen LogP contribution is 2.28. The van der Waals surface area contributed by atoms with E-state index in [-0.39, 0.29) is 11.8 Å². The second-order valence-corrected chi connectivity index (χ2v) is 6.76. The summed E-state index contributed by atoms with van der Waals surface area (Å²) in [6, 6.07) is 6.30. The molecule has 0 saturated heterocycles. The van der Waals surface area contributed by atoms with Crippen molar-refractivity contribution in [2.75, 3.05) is 0 Å². The van der Waals surface area contributed by atoms with Gasteiger partial charge in [0, 0.05) is 22.9 Å². The van der Waals surface area contributed by atoms with Crippen LogP contribution in [0, 0.1) is 13.8 Å². The maximum Gasteiger partial charge on any atom is 0.303 e. The molecule has 1 heterocycles. The number of carboxylic acid groups (broad SMARTS) is 1. The van der Waals surface area contributed by atoms with Crippen molar-refractivity contribution in [3.63, 3.8) is 0 Å². The Balaban J connectivity index is 2.66. The number of rotatable bonds is 3. The zero-order chi connectivity index (χ0) is 15.8. The smallest absolute Gasteiger partial charge is 0.303 e. The lowest BCUT2D eigenvalue weighted by Gasteiger charge is -2.20. The van der Waals surface area contributed by atoms with E-state index in [1.54, 1.807) is 0 Å². The average molecular weight is 285 g/mol. The Morgan fingerprint density at radius 3 is 2.33 bits per heavy atom. The number of nitrogens with zero attached hydrogens (tertiary/aromatic N) is 1. The van der Waals surface area contributed by atoms with E-state index in [2.05, 4.69) is 52.8 Å². The molecule has 0 aliphatic carbocycles. The first kappa shape index (κ1) is 15.5. The molecule has 0 fully saturated rings. The Bertz CT molecular complexity index is 696. The van der Waals surface area contributed by atoms with Gasteiger partial charge in [-0.15, -0.1) is 0 Å². The summed E-state index contributed by atoms with van der Waals surface area (Å²) in [7, 11) is 0. The summed E-state index contributed by atoms with van der Waals surface area (Å²) in [6.45, 7) is 10.5. The van der Waals surface area contributed by atoms with Crippen LogP contribution in [0.3, 0.4) is 0 Å². The third-order valence-corrected chi connectivity index (χ3v) is 3.89. The lowest BCUT2D eigenvalue weighted by atomic mass is 9.88. The van der Waals surface area contributed by atoms with Crippen LogP contribution >= 0.6 is 0 Å². The van der Waals surface area contributed by atoms with Gasteiger partial charge in [-0.1, -0.05) is 20.8 Å². The maximum absolute atomic E-state index is 10.9. The van der Waals surface area contributed by atoms with E-state index in [1.165, 1.54) is 11.1 Å². The SMILES string of the molecule is Cc1cc2nc(C(C)(C)C)cc(CCC(=O)O)c2cc1C. The van der Waals surface area contributed by atoms with Crippen LogP contribution in [0.4, 0.5) is 0 Å². The number of carbonyl (C=O) groups is 1. The van der Waals surface area contributed by atoms with Crippen LogP contribution in [0.15, 0.2) is 18.2 Å². The first-order valence-corrected chi connectivity index (χ1v) is 7.31. The molecule has 1 N–H and O–H groups in total. The molecule has 1 aromatic heterocycles. The molecular formula is C18H23NO2. The number of aryl methyl sites for hydroxylation is 3. The first-order valence-electron chi connectivity index (χ1n) is 7.31. The van der Waals surface area contributed by atoms with Crippen molar-refractivity contribution in [3.05, 3.63) is 40.6 Å². The van der Waals surface area contributed by atoms with Crippen molar-refractivity contribution in [1.29, 1.82) is 0 Å². The van der Waals surface area contributed by atoms with Gasteiger partial charge >= 0.3 is 5.97 Å². The molecule has 0 atom stereocenters. The maximum atomic E-state index is 10.9. The quantitative estimate of drug-likeness (QED) is 0.921. The molecule has 0 bridgehead atoms. The molecule has 2 rings (SSSR count). The van der Waals surface area contributed by atoms with Crippen molar-refractivity contribution in [2.24, 2.45) is 0 Å².